The maximum atomic E-state index is 13.0. The van der Waals surface area contributed by atoms with Crippen molar-refractivity contribution >= 4 is 34.9 Å². The van der Waals surface area contributed by atoms with Crippen LogP contribution in [0.4, 0.5) is 5.69 Å². The van der Waals surface area contributed by atoms with Gasteiger partial charge in [-0.2, -0.15) is 0 Å². The van der Waals surface area contributed by atoms with Gasteiger partial charge in [0.15, 0.2) is 5.11 Å². The van der Waals surface area contributed by atoms with E-state index in [0.717, 1.165) is 16.8 Å². The number of carbonyl (C=O) groups is 2. The fourth-order valence-corrected chi connectivity index (χ4v) is 4.16. The van der Waals surface area contributed by atoms with Gasteiger partial charge in [0.2, 0.25) is 0 Å². The van der Waals surface area contributed by atoms with Crippen LogP contribution >= 0.6 is 12.2 Å². The van der Waals surface area contributed by atoms with Crippen molar-refractivity contribution in [3.05, 3.63) is 76.5 Å². The van der Waals surface area contributed by atoms with Gasteiger partial charge in [-0.15, -0.1) is 0 Å². The first-order valence-electron chi connectivity index (χ1n) is 10.7. The lowest BCUT2D eigenvalue weighted by Gasteiger charge is -2.37. The fourth-order valence-electron chi connectivity index (χ4n) is 3.78. The lowest BCUT2D eigenvalue weighted by molar-refractivity contribution is -0.143. The van der Waals surface area contributed by atoms with Gasteiger partial charge in [0.1, 0.15) is 0 Å². The Kier molecular flexibility index (Phi) is 7.30. The first-order valence-corrected chi connectivity index (χ1v) is 11.1. The van der Waals surface area contributed by atoms with Crippen molar-refractivity contribution in [1.29, 1.82) is 0 Å². The summed E-state index contributed by atoms with van der Waals surface area (Å²) in [6.45, 7) is 10.0. The number of thiocarbonyl (C=S) groups is 1. The Labute approximate surface area is 194 Å². The minimum atomic E-state index is -0.480. The number of anilines is 1. The van der Waals surface area contributed by atoms with Crippen LogP contribution in [-0.4, -0.2) is 34.5 Å². The van der Waals surface area contributed by atoms with E-state index >= 15 is 0 Å². The number of hydrogen-bond donors (Lipinski definition) is 2. The summed E-state index contributed by atoms with van der Waals surface area (Å²) in [5.74, 6) is -0.569. The zero-order chi connectivity index (χ0) is 23.4. The second-order valence-corrected chi connectivity index (χ2v) is 8.36. The first-order chi connectivity index (χ1) is 15.2. The van der Waals surface area contributed by atoms with Crippen LogP contribution in [-0.2, 0) is 9.53 Å². The fraction of sp³-hybridized carbons (Fsp3) is 0.320. The molecule has 1 atom stereocenters. The molecule has 0 spiro atoms. The van der Waals surface area contributed by atoms with Crippen LogP contribution in [0.25, 0.3) is 0 Å². The van der Waals surface area contributed by atoms with E-state index in [1.54, 1.807) is 6.07 Å². The maximum absolute atomic E-state index is 13.0. The average molecular weight is 452 g/mol. The van der Waals surface area contributed by atoms with E-state index in [9.17, 15) is 9.59 Å². The highest BCUT2D eigenvalue weighted by Gasteiger charge is 2.34. The van der Waals surface area contributed by atoms with Crippen LogP contribution in [0.1, 0.15) is 55.2 Å². The number of nitrogens with one attached hydrogen (secondary N) is 2. The molecule has 1 aliphatic rings. The summed E-state index contributed by atoms with van der Waals surface area (Å²) in [4.78, 5) is 27.6. The average Bonchev–Trinajstić information content (AvgIpc) is 2.73. The van der Waals surface area contributed by atoms with Gasteiger partial charge in [-0.25, -0.2) is 4.79 Å². The van der Waals surface area contributed by atoms with Crippen LogP contribution < -0.4 is 10.6 Å². The molecule has 2 aromatic rings. The molecule has 0 bridgehead atoms. The number of carbonyl (C=O) groups excluding carboxylic acids is 2. The Hall–Kier alpha value is -3.19. The molecule has 1 amide bonds. The SMILES string of the molecule is CCN1C(=S)NC(c2cccc(NC(=O)c3ccccc3C)c2)C(C(=O)OC(C)C)=C1C. The second-order valence-electron chi connectivity index (χ2n) is 7.97. The van der Waals surface area contributed by atoms with Gasteiger partial charge in [0.05, 0.1) is 17.7 Å². The minimum Gasteiger partial charge on any atom is -0.459 e. The van der Waals surface area contributed by atoms with Gasteiger partial charge < -0.3 is 20.3 Å². The number of benzene rings is 2. The third-order valence-electron chi connectivity index (χ3n) is 5.34. The number of allylic oxidation sites excluding steroid dienone is 1. The lowest BCUT2D eigenvalue weighted by Crippen LogP contribution is -2.47. The van der Waals surface area contributed by atoms with Crippen molar-refractivity contribution in [2.75, 3.05) is 11.9 Å². The molecule has 32 heavy (non-hydrogen) atoms. The van der Waals surface area contributed by atoms with Gasteiger partial charge in [-0.1, -0.05) is 30.3 Å². The van der Waals surface area contributed by atoms with E-state index in [-0.39, 0.29) is 18.0 Å². The van der Waals surface area contributed by atoms with Crippen molar-refractivity contribution in [2.24, 2.45) is 0 Å². The lowest BCUT2D eigenvalue weighted by atomic mass is 9.94. The molecule has 7 heteroatoms. The molecule has 1 heterocycles. The highest BCUT2D eigenvalue weighted by molar-refractivity contribution is 7.80. The summed E-state index contributed by atoms with van der Waals surface area (Å²) in [6.07, 6.45) is -0.243. The van der Waals surface area contributed by atoms with E-state index in [0.29, 0.717) is 28.5 Å². The Bertz CT molecular complexity index is 1080. The normalized spacial score (nSPS) is 16.1. The minimum absolute atomic E-state index is 0.185. The summed E-state index contributed by atoms with van der Waals surface area (Å²) in [5.41, 5.74) is 4.23. The van der Waals surface area contributed by atoms with Gasteiger partial charge in [-0.3, -0.25) is 4.79 Å². The number of ether oxygens (including phenoxy) is 1. The largest absolute Gasteiger partial charge is 0.459 e. The molecule has 0 saturated heterocycles. The molecule has 6 nitrogen and oxygen atoms in total. The smallest absolute Gasteiger partial charge is 0.338 e. The third-order valence-corrected chi connectivity index (χ3v) is 5.68. The third kappa shape index (κ3) is 4.99. The van der Waals surface area contributed by atoms with Crippen LogP contribution in [0.2, 0.25) is 0 Å². The van der Waals surface area contributed by atoms with E-state index < -0.39 is 6.04 Å². The Morgan fingerprint density at radius 1 is 1.16 bits per heavy atom. The van der Waals surface area contributed by atoms with Crippen molar-refractivity contribution in [3.63, 3.8) is 0 Å². The standard InChI is InChI=1S/C25H29N3O3S/c1-6-28-17(5)21(24(30)31-15(2)3)22(27-25(28)32)18-11-9-12-19(14-18)26-23(29)20-13-8-7-10-16(20)4/h7-15,22H,6H2,1-5H3,(H,26,29)(H,27,32). The van der Waals surface area contributed by atoms with E-state index in [4.69, 9.17) is 17.0 Å². The van der Waals surface area contributed by atoms with Crippen molar-refractivity contribution in [3.8, 4) is 0 Å². The number of rotatable bonds is 6. The van der Waals surface area contributed by atoms with Gasteiger partial charge in [-0.05, 0) is 76.2 Å². The number of esters is 1. The van der Waals surface area contributed by atoms with E-state index in [1.807, 2.05) is 82.0 Å². The number of hydrogen-bond acceptors (Lipinski definition) is 4. The summed E-state index contributed by atoms with van der Waals surface area (Å²) < 4.78 is 5.53. The quantitative estimate of drug-likeness (QED) is 0.489. The van der Waals surface area contributed by atoms with Crippen LogP contribution in [0, 0.1) is 6.92 Å². The van der Waals surface area contributed by atoms with Crippen molar-refractivity contribution in [1.82, 2.24) is 10.2 Å². The highest BCUT2D eigenvalue weighted by atomic mass is 32.1. The molecule has 168 valence electrons. The number of amides is 1. The molecular weight excluding hydrogens is 422 g/mol. The highest BCUT2D eigenvalue weighted by Crippen LogP contribution is 2.32. The van der Waals surface area contributed by atoms with Crippen LogP contribution in [0.3, 0.4) is 0 Å². The first kappa shape index (κ1) is 23.5. The summed E-state index contributed by atoms with van der Waals surface area (Å²) in [6, 6.07) is 14.4. The molecule has 1 aliphatic heterocycles. The zero-order valence-electron chi connectivity index (χ0n) is 19.1. The van der Waals surface area contributed by atoms with E-state index in [1.165, 1.54) is 0 Å². The Morgan fingerprint density at radius 3 is 2.53 bits per heavy atom. The summed E-state index contributed by atoms with van der Waals surface area (Å²) in [5, 5.41) is 6.78. The van der Waals surface area contributed by atoms with Gasteiger partial charge in [0.25, 0.3) is 5.91 Å². The number of aryl methyl sites for hydroxylation is 1. The van der Waals surface area contributed by atoms with Crippen LogP contribution in [0.5, 0.6) is 0 Å². The Balaban J connectivity index is 1.96. The summed E-state index contributed by atoms with van der Waals surface area (Å²) >= 11 is 5.55. The van der Waals surface area contributed by atoms with Gasteiger partial charge in [0, 0.05) is 23.5 Å². The molecule has 0 radical (unpaired) electrons. The Morgan fingerprint density at radius 2 is 1.88 bits per heavy atom. The molecule has 0 fully saturated rings. The van der Waals surface area contributed by atoms with Crippen molar-refractivity contribution < 1.29 is 14.3 Å². The molecule has 3 rings (SSSR count). The van der Waals surface area contributed by atoms with Gasteiger partial charge >= 0.3 is 5.97 Å². The van der Waals surface area contributed by atoms with Crippen molar-refractivity contribution in [2.45, 2.75) is 46.8 Å². The molecule has 0 saturated carbocycles. The summed E-state index contributed by atoms with van der Waals surface area (Å²) in [7, 11) is 0. The molecule has 2 N–H and O–H groups in total. The predicted octanol–water partition coefficient (Wildman–Crippen LogP) is 4.72. The molecule has 1 unspecified atom stereocenters. The predicted molar refractivity (Wildman–Crippen MR) is 130 cm³/mol. The molecular formula is C25H29N3O3S. The molecule has 2 aromatic carbocycles. The number of nitrogens with zero attached hydrogens (tertiary/aromatic N) is 1. The second kappa shape index (κ2) is 9.96. The van der Waals surface area contributed by atoms with E-state index in [2.05, 4.69) is 10.6 Å². The van der Waals surface area contributed by atoms with Crippen LogP contribution in [0.15, 0.2) is 59.8 Å². The molecule has 0 aliphatic carbocycles. The monoisotopic (exact) mass is 451 g/mol. The maximum Gasteiger partial charge on any atom is 0.338 e. The topological polar surface area (TPSA) is 70.7 Å². The zero-order valence-corrected chi connectivity index (χ0v) is 19.9. The molecule has 0 aromatic heterocycles.